The van der Waals surface area contributed by atoms with E-state index in [-0.39, 0.29) is 6.03 Å². The number of amides is 2. The van der Waals surface area contributed by atoms with Gasteiger partial charge in [0.25, 0.3) is 0 Å². The van der Waals surface area contributed by atoms with E-state index in [1.165, 1.54) is 25.7 Å². The SMILES string of the molecule is CSc1nnc(CCCNC(=O)Nc2cc(C)on2)n1C1CCCC1. The number of aromatic nitrogens is 4. The van der Waals surface area contributed by atoms with Crippen LogP contribution in [0.15, 0.2) is 15.7 Å². The molecule has 1 fully saturated rings. The Bertz CT molecular complexity index is 707. The molecule has 0 saturated heterocycles. The summed E-state index contributed by atoms with van der Waals surface area (Å²) in [6, 6.07) is 1.92. The van der Waals surface area contributed by atoms with E-state index in [1.807, 2.05) is 6.26 Å². The maximum atomic E-state index is 11.8. The minimum absolute atomic E-state index is 0.282. The van der Waals surface area contributed by atoms with Crippen molar-refractivity contribution in [1.82, 2.24) is 25.2 Å². The molecule has 0 unspecified atom stereocenters. The van der Waals surface area contributed by atoms with Crippen molar-refractivity contribution in [1.29, 1.82) is 0 Å². The molecular weight excluding hydrogens is 340 g/mol. The second-order valence-electron chi connectivity index (χ2n) is 6.22. The van der Waals surface area contributed by atoms with Gasteiger partial charge in [0, 0.05) is 25.1 Å². The summed E-state index contributed by atoms with van der Waals surface area (Å²) in [5, 5.41) is 18.9. The number of aryl methyl sites for hydroxylation is 2. The standard InChI is InChI=1S/C16H24N6O2S/c1-11-10-13(21-24-11)18-15(23)17-9-5-8-14-19-20-16(25-2)22(14)12-6-3-4-7-12/h10,12H,3-9H2,1-2H3,(H2,17,18,21,23). The number of carbonyl (C=O) groups excluding carboxylic acids is 1. The van der Waals surface area contributed by atoms with Crippen LogP contribution in [0.2, 0.25) is 0 Å². The first-order valence-corrected chi connectivity index (χ1v) is 9.86. The van der Waals surface area contributed by atoms with Gasteiger partial charge in [0.2, 0.25) is 0 Å². The summed E-state index contributed by atoms with van der Waals surface area (Å²) in [4.78, 5) is 11.8. The summed E-state index contributed by atoms with van der Waals surface area (Å²) < 4.78 is 7.21. The third-order valence-corrected chi connectivity index (χ3v) is 4.98. The maximum Gasteiger partial charge on any atom is 0.320 e. The lowest BCUT2D eigenvalue weighted by molar-refractivity contribution is 0.251. The van der Waals surface area contributed by atoms with Gasteiger partial charge in [0.05, 0.1) is 0 Å². The number of nitrogens with zero attached hydrogens (tertiary/aromatic N) is 4. The highest BCUT2D eigenvalue weighted by molar-refractivity contribution is 7.98. The van der Waals surface area contributed by atoms with Crippen LogP contribution in [0.3, 0.4) is 0 Å². The van der Waals surface area contributed by atoms with Crippen LogP contribution in [0.5, 0.6) is 0 Å². The van der Waals surface area contributed by atoms with Crippen LogP contribution in [0.1, 0.15) is 49.7 Å². The molecule has 1 saturated carbocycles. The largest absolute Gasteiger partial charge is 0.360 e. The molecule has 9 heteroatoms. The van der Waals surface area contributed by atoms with E-state index >= 15 is 0 Å². The Kier molecular flexibility index (Phi) is 5.95. The third kappa shape index (κ3) is 4.53. The minimum Gasteiger partial charge on any atom is -0.360 e. The Labute approximate surface area is 151 Å². The first kappa shape index (κ1) is 17.8. The lowest BCUT2D eigenvalue weighted by Gasteiger charge is -2.16. The number of hydrogen-bond acceptors (Lipinski definition) is 6. The Hall–Kier alpha value is -2.03. The van der Waals surface area contributed by atoms with Crippen molar-refractivity contribution in [2.75, 3.05) is 18.1 Å². The van der Waals surface area contributed by atoms with Gasteiger partial charge < -0.3 is 14.4 Å². The van der Waals surface area contributed by atoms with Crippen molar-refractivity contribution >= 4 is 23.6 Å². The fourth-order valence-electron chi connectivity index (χ4n) is 3.18. The number of anilines is 1. The Morgan fingerprint density at radius 3 is 2.88 bits per heavy atom. The highest BCUT2D eigenvalue weighted by Gasteiger charge is 2.23. The monoisotopic (exact) mass is 364 g/mol. The van der Waals surface area contributed by atoms with E-state index in [0.29, 0.717) is 24.2 Å². The summed E-state index contributed by atoms with van der Waals surface area (Å²) in [5.74, 6) is 2.09. The summed E-state index contributed by atoms with van der Waals surface area (Å²) in [7, 11) is 0. The molecule has 0 bridgehead atoms. The number of carbonyl (C=O) groups is 1. The highest BCUT2D eigenvalue weighted by Crippen LogP contribution is 2.33. The number of rotatable bonds is 7. The summed E-state index contributed by atoms with van der Waals surface area (Å²) in [6.07, 6.45) is 8.61. The van der Waals surface area contributed by atoms with Crippen molar-refractivity contribution in [2.45, 2.75) is 56.6 Å². The molecule has 2 heterocycles. The topological polar surface area (TPSA) is 97.9 Å². The molecule has 2 N–H and O–H groups in total. The summed E-state index contributed by atoms with van der Waals surface area (Å²) in [5.41, 5.74) is 0. The molecule has 2 aromatic heterocycles. The van der Waals surface area contributed by atoms with E-state index in [2.05, 4.69) is 30.6 Å². The second-order valence-corrected chi connectivity index (χ2v) is 6.99. The van der Waals surface area contributed by atoms with E-state index in [1.54, 1.807) is 24.8 Å². The predicted octanol–water partition coefficient (Wildman–Crippen LogP) is 3.17. The number of thioether (sulfide) groups is 1. The van der Waals surface area contributed by atoms with Crippen LogP contribution < -0.4 is 10.6 Å². The van der Waals surface area contributed by atoms with Gasteiger partial charge in [-0.1, -0.05) is 29.8 Å². The molecule has 136 valence electrons. The maximum absolute atomic E-state index is 11.8. The molecule has 0 spiro atoms. The highest BCUT2D eigenvalue weighted by atomic mass is 32.2. The summed E-state index contributed by atoms with van der Waals surface area (Å²) >= 11 is 1.64. The fourth-order valence-corrected chi connectivity index (χ4v) is 3.75. The van der Waals surface area contributed by atoms with Gasteiger partial charge in [-0.2, -0.15) is 0 Å². The molecule has 0 atom stereocenters. The lowest BCUT2D eigenvalue weighted by Crippen LogP contribution is -2.30. The Morgan fingerprint density at radius 1 is 1.40 bits per heavy atom. The van der Waals surface area contributed by atoms with E-state index < -0.39 is 0 Å². The van der Waals surface area contributed by atoms with E-state index in [4.69, 9.17) is 4.52 Å². The van der Waals surface area contributed by atoms with Crippen LogP contribution in [0, 0.1) is 6.92 Å². The van der Waals surface area contributed by atoms with Crippen molar-refractivity contribution < 1.29 is 9.32 Å². The number of nitrogens with one attached hydrogen (secondary N) is 2. The molecule has 2 amide bonds. The molecule has 1 aliphatic carbocycles. The van der Waals surface area contributed by atoms with Gasteiger partial charge in [-0.15, -0.1) is 10.2 Å². The molecule has 25 heavy (non-hydrogen) atoms. The molecule has 0 radical (unpaired) electrons. The molecule has 0 aliphatic heterocycles. The second kappa shape index (κ2) is 8.37. The normalized spacial score (nSPS) is 14.8. The fraction of sp³-hybridized carbons (Fsp3) is 0.625. The van der Waals surface area contributed by atoms with Crippen LogP contribution in [-0.2, 0) is 6.42 Å². The molecule has 0 aromatic carbocycles. The van der Waals surface area contributed by atoms with Crippen molar-refractivity contribution in [3.63, 3.8) is 0 Å². The molecule has 1 aliphatic rings. The number of hydrogen-bond donors (Lipinski definition) is 2. The first-order chi connectivity index (χ1) is 12.2. The Morgan fingerprint density at radius 2 is 2.20 bits per heavy atom. The van der Waals surface area contributed by atoms with Gasteiger partial charge in [-0.25, -0.2) is 4.79 Å². The first-order valence-electron chi connectivity index (χ1n) is 8.63. The Balaban J connectivity index is 1.47. The minimum atomic E-state index is -0.282. The number of urea groups is 1. The zero-order chi connectivity index (χ0) is 17.6. The average Bonchev–Trinajstić information content (AvgIpc) is 3.32. The van der Waals surface area contributed by atoms with Gasteiger partial charge in [0.1, 0.15) is 11.6 Å². The van der Waals surface area contributed by atoms with Crippen molar-refractivity contribution in [2.24, 2.45) is 0 Å². The van der Waals surface area contributed by atoms with Crippen molar-refractivity contribution in [3.05, 3.63) is 17.7 Å². The summed E-state index contributed by atoms with van der Waals surface area (Å²) in [6.45, 7) is 2.34. The van der Waals surface area contributed by atoms with Gasteiger partial charge in [-0.3, -0.25) is 5.32 Å². The van der Waals surface area contributed by atoms with E-state index in [9.17, 15) is 4.79 Å². The third-order valence-electron chi connectivity index (χ3n) is 4.34. The van der Waals surface area contributed by atoms with Crippen molar-refractivity contribution in [3.8, 4) is 0 Å². The van der Waals surface area contributed by atoms with Gasteiger partial charge >= 0.3 is 6.03 Å². The van der Waals surface area contributed by atoms with Crippen LogP contribution in [0.25, 0.3) is 0 Å². The molecule has 3 rings (SSSR count). The van der Waals surface area contributed by atoms with E-state index in [0.717, 1.165) is 23.8 Å². The molecular formula is C16H24N6O2S. The quantitative estimate of drug-likeness (QED) is 0.578. The molecule has 8 nitrogen and oxygen atoms in total. The molecule has 2 aromatic rings. The van der Waals surface area contributed by atoms with Crippen LogP contribution in [-0.4, -0.2) is 38.8 Å². The zero-order valence-electron chi connectivity index (χ0n) is 14.6. The lowest BCUT2D eigenvalue weighted by atomic mass is 10.2. The smallest absolute Gasteiger partial charge is 0.320 e. The van der Waals surface area contributed by atoms with Crippen LogP contribution >= 0.6 is 11.8 Å². The van der Waals surface area contributed by atoms with Crippen LogP contribution in [0.4, 0.5) is 10.6 Å². The average molecular weight is 364 g/mol. The zero-order valence-corrected chi connectivity index (χ0v) is 15.4. The van der Waals surface area contributed by atoms with Gasteiger partial charge in [-0.05, 0) is 32.4 Å². The van der Waals surface area contributed by atoms with Gasteiger partial charge in [0.15, 0.2) is 11.0 Å². The predicted molar refractivity (Wildman–Crippen MR) is 95.9 cm³/mol.